The third kappa shape index (κ3) is 2.59. The van der Waals surface area contributed by atoms with Gasteiger partial charge in [0, 0.05) is 6.54 Å². The molecule has 0 aromatic heterocycles. The number of guanidine groups is 1. The quantitative estimate of drug-likeness (QED) is 0.926. The Hall–Kier alpha value is -1.72. The molecular weight excluding hydrogens is 267 g/mol. The monoisotopic (exact) mass is 283 g/mol. The van der Waals surface area contributed by atoms with Crippen LogP contribution in [-0.2, 0) is 6.18 Å². The van der Waals surface area contributed by atoms with Crippen molar-refractivity contribution >= 4 is 5.96 Å². The highest BCUT2D eigenvalue weighted by molar-refractivity contribution is 5.80. The maximum atomic E-state index is 12.8. The first kappa shape index (κ1) is 13.3. The predicted molar refractivity (Wildman–Crippen MR) is 70.1 cm³/mol. The van der Waals surface area contributed by atoms with Crippen LogP contribution in [0.4, 0.5) is 13.2 Å². The molecule has 1 heterocycles. The molecule has 1 aliphatic carbocycles. The molecule has 1 aromatic rings. The lowest BCUT2D eigenvalue weighted by molar-refractivity contribution is -0.137. The Morgan fingerprint density at radius 1 is 1.30 bits per heavy atom. The summed E-state index contributed by atoms with van der Waals surface area (Å²) in [5.41, 5.74) is 5.87. The Bertz CT molecular complexity index is 535. The summed E-state index contributed by atoms with van der Waals surface area (Å²) in [6.07, 6.45) is -1.99. The summed E-state index contributed by atoms with van der Waals surface area (Å²) in [6, 6.07) is 5.29. The Labute approximate surface area is 115 Å². The Morgan fingerprint density at radius 3 is 2.70 bits per heavy atom. The van der Waals surface area contributed by atoms with Crippen molar-refractivity contribution in [2.24, 2.45) is 16.6 Å². The second kappa shape index (κ2) is 4.68. The smallest absolute Gasteiger partial charge is 0.370 e. The summed E-state index contributed by atoms with van der Waals surface area (Å²) in [6.45, 7) is 1.22. The van der Waals surface area contributed by atoms with Crippen molar-refractivity contribution in [3.05, 3.63) is 35.4 Å². The zero-order valence-corrected chi connectivity index (χ0v) is 10.9. The van der Waals surface area contributed by atoms with E-state index in [1.165, 1.54) is 25.0 Å². The zero-order chi connectivity index (χ0) is 14.3. The van der Waals surface area contributed by atoms with Crippen LogP contribution in [0.5, 0.6) is 0 Å². The number of rotatable bonds is 3. The zero-order valence-electron chi connectivity index (χ0n) is 10.9. The van der Waals surface area contributed by atoms with Crippen molar-refractivity contribution in [1.29, 1.82) is 0 Å². The molecule has 0 radical (unpaired) electrons. The Balaban J connectivity index is 1.84. The lowest BCUT2D eigenvalue weighted by Gasteiger charge is -2.27. The van der Waals surface area contributed by atoms with Gasteiger partial charge >= 0.3 is 6.18 Å². The Morgan fingerprint density at radius 2 is 2.05 bits per heavy atom. The molecule has 108 valence electrons. The second-order valence-corrected chi connectivity index (χ2v) is 5.43. The van der Waals surface area contributed by atoms with Gasteiger partial charge < -0.3 is 10.6 Å². The number of aliphatic imine (C=N–C) groups is 1. The first-order chi connectivity index (χ1) is 9.45. The highest BCUT2D eigenvalue weighted by atomic mass is 19.4. The largest absolute Gasteiger partial charge is 0.416 e. The first-order valence-corrected chi connectivity index (χ1v) is 6.69. The molecule has 2 aliphatic rings. The van der Waals surface area contributed by atoms with E-state index in [1.54, 1.807) is 6.07 Å². The van der Waals surface area contributed by atoms with E-state index in [0.717, 1.165) is 12.6 Å². The first-order valence-electron chi connectivity index (χ1n) is 6.69. The van der Waals surface area contributed by atoms with Gasteiger partial charge in [-0.25, -0.2) is 0 Å². The van der Waals surface area contributed by atoms with Gasteiger partial charge in [0.15, 0.2) is 5.96 Å². The van der Waals surface area contributed by atoms with Crippen LogP contribution in [-0.4, -0.2) is 23.9 Å². The van der Waals surface area contributed by atoms with Crippen molar-refractivity contribution in [2.45, 2.75) is 25.1 Å². The van der Waals surface area contributed by atoms with Crippen LogP contribution >= 0.6 is 0 Å². The fourth-order valence-electron chi connectivity index (χ4n) is 2.54. The highest BCUT2D eigenvalue weighted by Crippen LogP contribution is 2.36. The van der Waals surface area contributed by atoms with E-state index >= 15 is 0 Å². The van der Waals surface area contributed by atoms with Gasteiger partial charge in [-0.2, -0.15) is 13.2 Å². The minimum Gasteiger partial charge on any atom is -0.370 e. The standard InChI is InChI=1S/C14H16F3N3/c15-14(16,17)11-3-1-2-10(6-11)12-7-19-13(18)20(12)8-9-4-5-9/h1-3,6,9,12H,4-5,7-8H2,(H2,18,19). The van der Waals surface area contributed by atoms with Crippen molar-refractivity contribution in [2.75, 3.05) is 13.1 Å². The molecule has 1 aliphatic heterocycles. The number of nitrogens with two attached hydrogens (primary N) is 1. The fourth-order valence-corrected chi connectivity index (χ4v) is 2.54. The molecule has 0 saturated heterocycles. The number of hydrogen-bond acceptors (Lipinski definition) is 3. The van der Waals surface area contributed by atoms with Crippen LogP contribution in [0.1, 0.15) is 30.0 Å². The van der Waals surface area contributed by atoms with Gasteiger partial charge in [0.2, 0.25) is 0 Å². The van der Waals surface area contributed by atoms with Crippen molar-refractivity contribution in [1.82, 2.24) is 4.90 Å². The van der Waals surface area contributed by atoms with Crippen LogP contribution in [0.2, 0.25) is 0 Å². The predicted octanol–water partition coefficient (Wildman–Crippen LogP) is 2.79. The molecule has 1 atom stereocenters. The van der Waals surface area contributed by atoms with Gasteiger partial charge in [-0.05, 0) is 36.5 Å². The van der Waals surface area contributed by atoms with E-state index in [-0.39, 0.29) is 6.04 Å². The van der Waals surface area contributed by atoms with Crippen molar-refractivity contribution in [3.63, 3.8) is 0 Å². The summed E-state index contributed by atoms with van der Waals surface area (Å²) in [7, 11) is 0. The number of nitrogens with zero attached hydrogens (tertiary/aromatic N) is 2. The van der Waals surface area contributed by atoms with Crippen LogP contribution in [0.15, 0.2) is 29.3 Å². The molecule has 1 unspecified atom stereocenters. The number of alkyl halides is 3. The van der Waals surface area contributed by atoms with Gasteiger partial charge in [0.1, 0.15) is 0 Å². The molecule has 1 fully saturated rings. The SMILES string of the molecule is NC1=NCC(c2cccc(C(F)(F)F)c2)N1CC1CC1. The molecule has 2 N–H and O–H groups in total. The van der Waals surface area contributed by atoms with Crippen LogP contribution < -0.4 is 5.73 Å². The number of halogens is 3. The maximum Gasteiger partial charge on any atom is 0.416 e. The molecule has 6 heteroatoms. The molecular formula is C14H16F3N3. The van der Waals surface area contributed by atoms with Gasteiger partial charge in [-0.1, -0.05) is 12.1 Å². The molecule has 1 saturated carbocycles. The van der Waals surface area contributed by atoms with E-state index < -0.39 is 11.7 Å². The lowest BCUT2D eigenvalue weighted by Crippen LogP contribution is -2.37. The topological polar surface area (TPSA) is 41.6 Å². The highest BCUT2D eigenvalue weighted by Gasteiger charge is 2.35. The molecule has 1 aromatic carbocycles. The van der Waals surface area contributed by atoms with Crippen LogP contribution in [0, 0.1) is 5.92 Å². The normalized spacial score (nSPS) is 23.1. The molecule has 0 bridgehead atoms. The van der Waals surface area contributed by atoms with Gasteiger partial charge in [-0.3, -0.25) is 4.99 Å². The third-order valence-electron chi connectivity index (χ3n) is 3.85. The summed E-state index contributed by atoms with van der Waals surface area (Å²) in [5.74, 6) is 1.05. The summed E-state index contributed by atoms with van der Waals surface area (Å²) in [5, 5.41) is 0. The molecule has 3 rings (SSSR count). The Kier molecular flexibility index (Phi) is 3.11. The average Bonchev–Trinajstić information content (AvgIpc) is 3.14. The molecule has 20 heavy (non-hydrogen) atoms. The van der Waals surface area contributed by atoms with Gasteiger partial charge in [0.05, 0.1) is 18.2 Å². The van der Waals surface area contributed by atoms with Crippen LogP contribution in [0.3, 0.4) is 0 Å². The maximum absolute atomic E-state index is 12.8. The summed E-state index contributed by atoms with van der Waals surface area (Å²) in [4.78, 5) is 6.12. The van der Waals surface area contributed by atoms with Gasteiger partial charge in [0.25, 0.3) is 0 Å². The van der Waals surface area contributed by atoms with E-state index in [2.05, 4.69) is 4.99 Å². The number of benzene rings is 1. The molecule has 3 nitrogen and oxygen atoms in total. The van der Waals surface area contributed by atoms with Gasteiger partial charge in [-0.15, -0.1) is 0 Å². The lowest BCUT2D eigenvalue weighted by atomic mass is 10.0. The molecule has 0 amide bonds. The average molecular weight is 283 g/mol. The summed E-state index contributed by atoms with van der Waals surface area (Å²) < 4.78 is 38.3. The fraction of sp³-hybridized carbons (Fsp3) is 0.500. The van der Waals surface area contributed by atoms with E-state index in [4.69, 9.17) is 5.73 Å². The third-order valence-corrected chi connectivity index (χ3v) is 3.85. The van der Waals surface area contributed by atoms with E-state index in [0.29, 0.717) is 24.0 Å². The van der Waals surface area contributed by atoms with Crippen molar-refractivity contribution < 1.29 is 13.2 Å². The summed E-state index contributed by atoms with van der Waals surface area (Å²) >= 11 is 0. The van der Waals surface area contributed by atoms with Crippen LogP contribution in [0.25, 0.3) is 0 Å². The second-order valence-electron chi connectivity index (χ2n) is 5.43. The van der Waals surface area contributed by atoms with Crippen molar-refractivity contribution in [3.8, 4) is 0 Å². The molecule has 0 spiro atoms. The number of hydrogen-bond donors (Lipinski definition) is 1. The minimum atomic E-state index is -4.32. The van der Waals surface area contributed by atoms with E-state index in [1.807, 2.05) is 4.90 Å². The minimum absolute atomic E-state index is 0.169. The van der Waals surface area contributed by atoms with E-state index in [9.17, 15) is 13.2 Å².